The Morgan fingerprint density at radius 3 is 2.67 bits per heavy atom. The summed E-state index contributed by atoms with van der Waals surface area (Å²) >= 11 is 1.48. The monoisotopic (exact) mass is 276 g/mol. The number of halogens is 3. The number of benzene rings is 1. The van der Waals surface area contributed by atoms with E-state index in [9.17, 15) is 13.2 Å². The zero-order chi connectivity index (χ0) is 13.2. The molecule has 1 N–H and O–H groups in total. The molecule has 1 aromatic carbocycles. The van der Waals surface area contributed by atoms with Crippen molar-refractivity contribution in [3.63, 3.8) is 0 Å². The zero-order valence-corrected chi connectivity index (χ0v) is 10.4. The molecule has 0 amide bonds. The van der Waals surface area contributed by atoms with E-state index in [-0.39, 0.29) is 5.75 Å². The summed E-state index contributed by atoms with van der Waals surface area (Å²) in [5.74, 6) is 1.01. The molecule has 3 nitrogen and oxygen atoms in total. The van der Waals surface area contributed by atoms with Crippen LogP contribution in [0.3, 0.4) is 0 Å². The molecule has 18 heavy (non-hydrogen) atoms. The molecule has 1 aliphatic heterocycles. The summed E-state index contributed by atoms with van der Waals surface area (Å²) in [5.41, 5.74) is -0.414. The van der Waals surface area contributed by atoms with Crippen molar-refractivity contribution in [2.45, 2.75) is 6.18 Å². The molecule has 0 aliphatic carbocycles. The van der Waals surface area contributed by atoms with Gasteiger partial charge in [-0.2, -0.15) is 13.2 Å². The van der Waals surface area contributed by atoms with Crippen molar-refractivity contribution in [1.82, 2.24) is 0 Å². The van der Waals surface area contributed by atoms with Crippen molar-refractivity contribution in [3.8, 4) is 5.75 Å². The lowest BCUT2D eigenvalue weighted by Gasteiger charge is -2.12. The van der Waals surface area contributed by atoms with E-state index in [1.165, 1.54) is 24.9 Å². The molecule has 1 heterocycles. The van der Waals surface area contributed by atoms with Crippen LogP contribution < -0.4 is 10.1 Å². The number of alkyl halides is 3. The number of methoxy groups -OCH3 is 1. The minimum absolute atomic E-state index is 0.163. The van der Waals surface area contributed by atoms with Gasteiger partial charge in [-0.25, -0.2) is 0 Å². The summed E-state index contributed by atoms with van der Waals surface area (Å²) in [6.45, 7) is 0.684. The van der Waals surface area contributed by atoms with Crippen molar-refractivity contribution in [1.29, 1.82) is 0 Å². The van der Waals surface area contributed by atoms with Crippen LogP contribution >= 0.6 is 11.8 Å². The molecule has 1 aromatic rings. The molecule has 98 valence electrons. The van der Waals surface area contributed by atoms with E-state index >= 15 is 0 Å². The molecule has 7 heteroatoms. The van der Waals surface area contributed by atoms with Crippen molar-refractivity contribution >= 4 is 22.6 Å². The smallest absolute Gasteiger partial charge is 0.416 e. The van der Waals surface area contributed by atoms with Crippen molar-refractivity contribution < 1.29 is 17.9 Å². The van der Waals surface area contributed by atoms with Crippen LogP contribution in [0.15, 0.2) is 23.2 Å². The Bertz CT molecular complexity index is 474. The third-order valence-electron chi connectivity index (χ3n) is 2.31. The van der Waals surface area contributed by atoms with Gasteiger partial charge in [-0.3, -0.25) is 4.99 Å². The van der Waals surface area contributed by atoms with Gasteiger partial charge >= 0.3 is 6.18 Å². The standard InChI is InChI=1S/C11H11F3N2OS/c1-17-9-5-7(11(12,13)14)4-8(6-9)16-10-15-2-3-18-10/h4-6H,2-3H2,1H3,(H,15,16). The first kappa shape index (κ1) is 13.1. The van der Waals surface area contributed by atoms with Crippen LogP contribution in [0.1, 0.15) is 5.56 Å². The van der Waals surface area contributed by atoms with Crippen LogP contribution in [0, 0.1) is 0 Å². The first-order valence-electron chi connectivity index (χ1n) is 5.19. The van der Waals surface area contributed by atoms with E-state index in [4.69, 9.17) is 4.74 Å². The molecule has 0 radical (unpaired) electrons. The number of ether oxygens (including phenoxy) is 1. The number of anilines is 1. The van der Waals surface area contributed by atoms with E-state index in [0.29, 0.717) is 17.4 Å². The Hall–Kier alpha value is -1.37. The maximum atomic E-state index is 12.7. The second-order valence-electron chi connectivity index (χ2n) is 3.61. The fraction of sp³-hybridized carbons (Fsp3) is 0.364. The summed E-state index contributed by atoms with van der Waals surface area (Å²) < 4.78 is 42.9. The molecule has 0 atom stereocenters. The first-order chi connectivity index (χ1) is 8.49. The van der Waals surface area contributed by atoms with Crippen LogP contribution in [0.25, 0.3) is 0 Å². The van der Waals surface area contributed by atoms with Crippen LogP contribution in [0.5, 0.6) is 5.75 Å². The SMILES string of the molecule is COc1cc(NC2=NCCS2)cc(C(F)(F)F)c1. The lowest BCUT2D eigenvalue weighted by Crippen LogP contribution is -2.09. The van der Waals surface area contributed by atoms with Gasteiger partial charge in [-0.1, -0.05) is 11.8 Å². The normalized spacial score (nSPS) is 15.4. The number of aliphatic imine (C=N–C) groups is 1. The van der Waals surface area contributed by atoms with E-state index in [0.717, 1.165) is 17.9 Å². The Morgan fingerprint density at radius 1 is 1.33 bits per heavy atom. The first-order valence-corrected chi connectivity index (χ1v) is 6.18. The largest absolute Gasteiger partial charge is 0.497 e. The number of nitrogens with one attached hydrogen (secondary N) is 1. The maximum absolute atomic E-state index is 12.7. The average Bonchev–Trinajstić information content (AvgIpc) is 2.80. The molecule has 0 aromatic heterocycles. The third-order valence-corrected chi connectivity index (χ3v) is 3.20. The number of nitrogens with zero attached hydrogens (tertiary/aromatic N) is 1. The highest BCUT2D eigenvalue weighted by Crippen LogP contribution is 2.34. The topological polar surface area (TPSA) is 33.6 Å². The quantitative estimate of drug-likeness (QED) is 0.900. The fourth-order valence-electron chi connectivity index (χ4n) is 1.49. The summed E-state index contributed by atoms with van der Waals surface area (Å²) in [5, 5.41) is 3.50. The van der Waals surface area contributed by atoms with E-state index < -0.39 is 11.7 Å². The number of rotatable bonds is 2. The van der Waals surface area contributed by atoms with Gasteiger partial charge in [0.1, 0.15) is 5.75 Å². The Morgan fingerprint density at radius 2 is 2.11 bits per heavy atom. The van der Waals surface area contributed by atoms with Gasteiger partial charge in [0.25, 0.3) is 0 Å². The lowest BCUT2D eigenvalue weighted by molar-refractivity contribution is -0.137. The third kappa shape index (κ3) is 3.10. The van der Waals surface area contributed by atoms with E-state index in [1.54, 1.807) is 0 Å². The van der Waals surface area contributed by atoms with E-state index in [2.05, 4.69) is 10.3 Å². The van der Waals surface area contributed by atoms with Crippen molar-refractivity contribution in [2.24, 2.45) is 4.99 Å². The summed E-state index contributed by atoms with van der Waals surface area (Å²) in [4.78, 5) is 4.12. The molecule has 0 saturated carbocycles. The predicted octanol–water partition coefficient (Wildman–Crippen LogP) is 3.23. The van der Waals surface area contributed by atoms with Gasteiger partial charge < -0.3 is 10.1 Å². The lowest BCUT2D eigenvalue weighted by atomic mass is 10.2. The second-order valence-corrected chi connectivity index (χ2v) is 4.69. The van der Waals surface area contributed by atoms with Gasteiger partial charge in [0.15, 0.2) is 5.17 Å². The molecular formula is C11H11F3N2OS. The number of hydrogen-bond acceptors (Lipinski definition) is 4. The molecule has 0 fully saturated rings. The highest BCUT2D eigenvalue weighted by atomic mass is 32.2. The summed E-state index contributed by atoms with van der Waals surface area (Å²) in [7, 11) is 1.33. The highest BCUT2D eigenvalue weighted by molar-refractivity contribution is 8.14. The Labute approximate surface area is 106 Å². The Kier molecular flexibility index (Phi) is 3.70. The van der Waals surface area contributed by atoms with Crippen LogP contribution in [0.4, 0.5) is 18.9 Å². The molecule has 1 aliphatic rings. The van der Waals surface area contributed by atoms with E-state index in [1.807, 2.05) is 0 Å². The highest BCUT2D eigenvalue weighted by Gasteiger charge is 2.31. The molecule has 2 rings (SSSR count). The van der Waals surface area contributed by atoms with Gasteiger partial charge in [-0.15, -0.1) is 0 Å². The van der Waals surface area contributed by atoms with Crippen LogP contribution in [-0.2, 0) is 6.18 Å². The number of amidine groups is 1. The van der Waals surface area contributed by atoms with Crippen molar-refractivity contribution in [3.05, 3.63) is 23.8 Å². The molecule has 0 unspecified atom stereocenters. The van der Waals surface area contributed by atoms with Crippen LogP contribution in [0.2, 0.25) is 0 Å². The van der Waals surface area contributed by atoms with Crippen LogP contribution in [-0.4, -0.2) is 24.6 Å². The maximum Gasteiger partial charge on any atom is 0.416 e. The molecule has 0 saturated heterocycles. The second kappa shape index (κ2) is 5.09. The fourth-order valence-corrected chi connectivity index (χ4v) is 2.24. The minimum atomic E-state index is -4.39. The number of hydrogen-bond donors (Lipinski definition) is 1. The van der Waals surface area contributed by atoms with Gasteiger partial charge in [-0.05, 0) is 12.1 Å². The van der Waals surface area contributed by atoms with Gasteiger partial charge in [0.05, 0.1) is 19.2 Å². The molecule has 0 spiro atoms. The molecular weight excluding hydrogens is 265 g/mol. The number of thioether (sulfide) groups is 1. The summed E-state index contributed by atoms with van der Waals surface area (Å²) in [6.07, 6.45) is -4.39. The predicted molar refractivity (Wildman–Crippen MR) is 66.4 cm³/mol. The zero-order valence-electron chi connectivity index (χ0n) is 9.54. The summed E-state index contributed by atoms with van der Waals surface area (Å²) in [6, 6.07) is 3.52. The minimum Gasteiger partial charge on any atom is -0.497 e. The van der Waals surface area contributed by atoms with Gasteiger partial charge in [0, 0.05) is 17.5 Å². The van der Waals surface area contributed by atoms with Crippen molar-refractivity contribution in [2.75, 3.05) is 24.7 Å². The average molecular weight is 276 g/mol. The van der Waals surface area contributed by atoms with Gasteiger partial charge in [0.2, 0.25) is 0 Å². The Balaban J connectivity index is 2.28. The molecule has 0 bridgehead atoms.